The van der Waals surface area contributed by atoms with Crippen LogP contribution in [0.15, 0.2) is 23.2 Å². The van der Waals surface area contributed by atoms with E-state index in [1.165, 1.54) is 38.5 Å². The number of isocyanates is 1. The van der Waals surface area contributed by atoms with Gasteiger partial charge in [-0.1, -0.05) is 0 Å². The van der Waals surface area contributed by atoms with E-state index in [-0.39, 0.29) is 16.8 Å². The van der Waals surface area contributed by atoms with Crippen LogP contribution >= 0.6 is 0 Å². The Hall–Kier alpha value is -2.46. The minimum atomic E-state index is -0.641. The van der Waals surface area contributed by atoms with E-state index < -0.39 is 11.9 Å². The summed E-state index contributed by atoms with van der Waals surface area (Å²) in [5.74, 6) is -1.28. The quantitative estimate of drug-likeness (QED) is 0.447. The maximum Gasteiger partial charge on any atom is 0.337 e. The largest absolute Gasteiger partial charge is 0.465 e. The number of hydrogen-bond acceptors (Lipinski definition) is 6. The van der Waals surface area contributed by atoms with Gasteiger partial charge in [0.05, 0.1) is 31.0 Å². The van der Waals surface area contributed by atoms with Crippen molar-refractivity contribution < 1.29 is 23.9 Å². The molecule has 0 atom stereocenters. The van der Waals surface area contributed by atoms with Crippen molar-refractivity contribution in [3.63, 3.8) is 0 Å². The number of methoxy groups -OCH3 is 2. The molecule has 0 radical (unpaired) electrons. The third-order valence-corrected chi connectivity index (χ3v) is 1.93. The van der Waals surface area contributed by atoms with Crippen molar-refractivity contribution in [2.75, 3.05) is 14.2 Å². The van der Waals surface area contributed by atoms with Gasteiger partial charge in [0, 0.05) is 0 Å². The minimum Gasteiger partial charge on any atom is -0.465 e. The molecule has 0 amide bonds. The Morgan fingerprint density at radius 1 is 1.06 bits per heavy atom. The maximum absolute atomic E-state index is 11.3. The summed E-state index contributed by atoms with van der Waals surface area (Å²) >= 11 is 0. The van der Waals surface area contributed by atoms with E-state index in [1.807, 2.05) is 0 Å². The number of aliphatic imine (C=N–C) groups is 1. The van der Waals surface area contributed by atoms with Crippen LogP contribution in [0.1, 0.15) is 20.7 Å². The Kier molecular flexibility index (Phi) is 4.14. The van der Waals surface area contributed by atoms with Crippen molar-refractivity contribution in [2.45, 2.75) is 0 Å². The SMILES string of the molecule is COC(=O)c1cc(N=C=O)cc(C(=O)OC)c1. The van der Waals surface area contributed by atoms with E-state index in [0.717, 1.165) is 0 Å². The van der Waals surface area contributed by atoms with Gasteiger partial charge in [-0.2, -0.15) is 4.99 Å². The molecule has 0 N–H and O–H groups in total. The molecule has 0 fully saturated rings. The summed E-state index contributed by atoms with van der Waals surface area (Å²) in [4.78, 5) is 36.1. The average molecular weight is 235 g/mol. The van der Waals surface area contributed by atoms with Crippen molar-refractivity contribution in [3.8, 4) is 0 Å². The third kappa shape index (κ3) is 2.99. The molecule has 1 aromatic rings. The fourth-order valence-electron chi connectivity index (χ4n) is 1.20. The molecular formula is C11H9NO5. The standard InChI is InChI=1S/C11H9NO5/c1-16-10(14)7-3-8(11(15)17-2)5-9(4-7)12-6-13/h3-5H,1-2H3. The molecule has 0 saturated carbocycles. The van der Waals surface area contributed by atoms with Gasteiger partial charge < -0.3 is 9.47 Å². The fraction of sp³-hybridized carbons (Fsp3) is 0.182. The van der Waals surface area contributed by atoms with Gasteiger partial charge in [-0.3, -0.25) is 0 Å². The number of esters is 2. The molecule has 0 aliphatic heterocycles. The van der Waals surface area contributed by atoms with E-state index in [2.05, 4.69) is 14.5 Å². The van der Waals surface area contributed by atoms with Crippen LogP contribution in [0.5, 0.6) is 0 Å². The number of rotatable bonds is 3. The van der Waals surface area contributed by atoms with Crippen LogP contribution < -0.4 is 0 Å². The summed E-state index contributed by atoms with van der Waals surface area (Å²) in [5, 5.41) is 0. The van der Waals surface area contributed by atoms with Crippen LogP contribution in [0.4, 0.5) is 5.69 Å². The highest BCUT2D eigenvalue weighted by Gasteiger charge is 2.13. The highest BCUT2D eigenvalue weighted by Crippen LogP contribution is 2.18. The van der Waals surface area contributed by atoms with Crippen LogP contribution in [-0.4, -0.2) is 32.2 Å². The number of carbonyl (C=O) groups is 2. The monoisotopic (exact) mass is 235 g/mol. The summed E-state index contributed by atoms with van der Waals surface area (Å²) in [5.41, 5.74) is 0.331. The Morgan fingerprint density at radius 2 is 1.53 bits per heavy atom. The average Bonchev–Trinajstić information content (AvgIpc) is 2.36. The van der Waals surface area contributed by atoms with Crippen LogP contribution in [0.2, 0.25) is 0 Å². The molecule has 6 nitrogen and oxygen atoms in total. The smallest absolute Gasteiger partial charge is 0.337 e. The van der Waals surface area contributed by atoms with E-state index in [1.54, 1.807) is 0 Å². The van der Waals surface area contributed by atoms with Gasteiger partial charge in [-0.25, -0.2) is 14.4 Å². The molecule has 0 unspecified atom stereocenters. The van der Waals surface area contributed by atoms with E-state index >= 15 is 0 Å². The van der Waals surface area contributed by atoms with Crippen molar-refractivity contribution in [3.05, 3.63) is 29.3 Å². The summed E-state index contributed by atoms with van der Waals surface area (Å²) in [7, 11) is 2.41. The topological polar surface area (TPSA) is 82.0 Å². The van der Waals surface area contributed by atoms with Gasteiger partial charge in [0.2, 0.25) is 6.08 Å². The summed E-state index contributed by atoms with van der Waals surface area (Å²) in [6, 6.07) is 3.91. The summed E-state index contributed by atoms with van der Waals surface area (Å²) < 4.78 is 9.01. The van der Waals surface area contributed by atoms with Crippen LogP contribution in [-0.2, 0) is 14.3 Å². The molecule has 0 saturated heterocycles. The number of nitrogens with zero attached hydrogens (tertiary/aromatic N) is 1. The van der Waals surface area contributed by atoms with E-state index in [4.69, 9.17) is 0 Å². The molecule has 17 heavy (non-hydrogen) atoms. The first-order chi connectivity index (χ1) is 8.12. The zero-order valence-electron chi connectivity index (χ0n) is 9.22. The second-order valence-electron chi connectivity index (χ2n) is 2.95. The third-order valence-electron chi connectivity index (χ3n) is 1.93. The molecular weight excluding hydrogens is 226 g/mol. The zero-order valence-corrected chi connectivity index (χ0v) is 9.22. The normalized spacial score (nSPS) is 9.06. The van der Waals surface area contributed by atoms with E-state index in [9.17, 15) is 14.4 Å². The zero-order chi connectivity index (χ0) is 12.8. The van der Waals surface area contributed by atoms with Crippen LogP contribution in [0.3, 0.4) is 0 Å². The van der Waals surface area contributed by atoms with Gasteiger partial charge in [0.25, 0.3) is 0 Å². The summed E-state index contributed by atoms with van der Waals surface area (Å²) in [6.45, 7) is 0. The van der Waals surface area contributed by atoms with Gasteiger partial charge in [0.1, 0.15) is 0 Å². The Labute approximate surface area is 96.9 Å². The predicted molar refractivity (Wildman–Crippen MR) is 56.9 cm³/mol. The van der Waals surface area contributed by atoms with Crippen LogP contribution in [0, 0.1) is 0 Å². The first-order valence-corrected chi connectivity index (χ1v) is 4.52. The molecule has 0 heterocycles. The molecule has 1 aromatic carbocycles. The molecule has 0 aromatic heterocycles. The Bertz CT molecular complexity index is 468. The Balaban J connectivity index is 3.32. The lowest BCUT2D eigenvalue weighted by Crippen LogP contribution is -2.06. The van der Waals surface area contributed by atoms with Gasteiger partial charge in [-0.15, -0.1) is 0 Å². The predicted octanol–water partition coefficient (Wildman–Crippen LogP) is 1.23. The fourth-order valence-corrected chi connectivity index (χ4v) is 1.20. The molecule has 88 valence electrons. The van der Waals surface area contributed by atoms with Crippen molar-refractivity contribution in [1.82, 2.24) is 0 Å². The maximum atomic E-state index is 11.3. The van der Waals surface area contributed by atoms with Crippen LogP contribution in [0.25, 0.3) is 0 Å². The number of ether oxygens (including phenoxy) is 2. The highest BCUT2D eigenvalue weighted by atomic mass is 16.5. The first-order valence-electron chi connectivity index (χ1n) is 4.52. The number of benzene rings is 1. The molecule has 0 bridgehead atoms. The number of carbonyl (C=O) groups excluding carboxylic acids is 3. The molecule has 0 aliphatic rings. The number of hydrogen-bond donors (Lipinski definition) is 0. The lowest BCUT2D eigenvalue weighted by molar-refractivity contribution is 0.0599. The highest BCUT2D eigenvalue weighted by molar-refractivity contribution is 5.96. The van der Waals surface area contributed by atoms with Gasteiger partial charge in [0.15, 0.2) is 0 Å². The molecule has 0 aliphatic carbocycles. The second-order valence-corrected chi connectivity index (χ2v) is 2.95. The second kappa shape index (κ2) is 5.58. The first kappa shape index (κ1) is 12.6. The lowest BCUT2D eigenvalue weighted by Gasteiger charge is -2.04. The molecule has 6 heteroatoms. The molecule has 1 rings (SSSR count). The molecule has 0 spiro atoms. The van der Waals surface area contributed by atoms with Crippen molar-refractivity contribution in [1.29, 1.82) is 0 Å². The summed E-state index contributed by atoms with van der Waals surface area (Å²) in [6.07, 6.45) is 1.32. The Morgan fingerprint density at radius 3 is 1.88 bits per heavy atom. The van der Waals surface area contributed by atoms with Gasteiger partial charge in [-0.05, 0) is 18.2 Å². The van der Waals surface area contributed by atoms with Crippen molar-refractivity contribution >= 4 is 23.7 Å². The lowest BCUT2D eigenvalue weighted by atomic mass is 10.1. The van der Waals surface area contributed by atoms with Gasteiger partial charge >= 0.3 is 11.9 Å². The van der Waals surface area contributed by atoms with E-state index in [0.29, 0.717) is 0 Å². The minimum absolute atomic E-state index is 0.101. The van der Waals surface area contributed by atoms with Crippen molar-refractivity contribution in [2.24, 2.45) is 4.99 Å².